The lowest BCUT2D eigenvalue weighted by atomic mass is 9.82. The predicted octanol–water partition coefficient (Wildman–Crippen LogP) is 3.64. The quantitative estimate of drug-likeness (QED) is 0.639. The number of amides is 3. The number of hydrogen-bond acceptors (Lipinski definition) is 2. The highest BCUT2D eigenvalue weighted by Crippen LogP contribution is 2.29. The Morgan fingerprint density at radius 1 is 0.786 bits per heavy atom. The Morgan fingerprint density at radius 2 is 1.39 bits per heavy atom. The minimum Gasteiger partial charge on any atom is -0.356 e. The molecule has 3 amide bonds. The maximum atomic E-state index is 12.1. The van der Waals surface area contributed by atoms with E-state index in [0.29, 0.717) is 18.4 Å². The molecule has 2 saturated carbocycles. The number of hydrogen-bond donors (Lipinski definition) is 3. The number of rotatable bonds is 8. The fourth-order valence-corrected chi connectivity index (χ4v) is 4.48. The minimum absolute atomic E-state index is 0.0677. The molecule has 0 aromatic heterocycles. The zero-order valence-corrected chi connectivity index (χ0v) is 16.9. The summed E-state index contributed by atoms with van der Waals surface area (Å²) in [5, 5.41) is 9.14. The largest absolute Gasteiger partial charge is 0.356 e. The first kappa shape index (κ1) is 20.7. The van der Waals surface area contributed by atoms with Crippen LogP contribution in [0.3, 0.4) is 0 Å². The van der Waals surface area contributed by atoms with E-state index in [2.05, 4.69) is 28.1 Å². The van der Waals surface area contributed by atoms with Gasteiger partial charge in [-0.05, 0) is 62.3 Å². The summed E-state index contributed by atoms with van der Waals surface area (Å²) in [6, 6.07) is 10.1. The zero-order valence-electron chi connectivity index (χ0n) is 16.9. The monoisotopic (exact) mass is 385 g/mol. The first-order valence-electron chi connectivity index (χ1n) is 11.0. The van der Waals surface area contributed by atoms with Crippen LogP contribution >= 0.6 is 0 Å². The second-order valence-electron chi connectivity index (χ2n) is 8.49. The highest BCUT2D eigenvalue weighted by molar-refractivity contribution is 5.78. The summed E-state index contributed by atoms with van der Waals surface area (Å²) in [6.07, 6.45) is 9.95. The van der Waals surface area contributed by atoms with Crippen LogP contribution in [0, 0.1) is 17.8 Å². The van der Waals surface area contributed by atoms with Gasteiger partial charge in [-0.25, -0.2) is 4.79 Å². The molecule has 0 bridgehead atoms. The molecule has 154 valence electrons. The van der Waals surface area contributed by atoms with E-state index in [-0.39, 0.29) is 17.9 Å². The number of urea groups is 1. The van der Waals surface area contributed by atoms with Crippen molar-refractivity contribution in [2.45, 2.75) is 57.8 Å². The Kier molecular flexibility index (Phi) is 8.19. The van der Waals surface area contributed by atoms with E-state index >= 15 is 0 Å². The second-order valence-corrected chi connectivity index (χ2v) is 8.49. The number of carbonyl (C=O) groups excluding carboxylic acids is 2. The van der Waals surface area contributed by atoms with Crippen molar-refractivity contribution in [1.29, 1.82) is 0 Å². The smallest absolute Gasteiger partial charge is 0.314 e. The maximum Gasteiger partial charge on any atom is 0.314 e. The van der Waals surface area contributed by atoms with Gasteiger partial charge < -0.3 is 16.0 Å². The molecule has 5 nitrogen and oxygen atoms in total. The van der Waals surface area contributed by atoms with Gasteiger partial charge in [-0.3, -0.25) is 4.79 Å². The Labute approximate surface area is 169 Å². The summed E-state index contributed by atoms with van der Waals surface area (Å²) in [5.41, 5.74) is 1.24. The molecule has 0 atom stereocenters. The molecule has 0 unspecified atom stereocenters. The third-order valence-electron chi connectivity index (χ3n) is 6.35. The van der Waals surface area contributed by atoms with Gasteiger partial charge in [0.05, 0.1) is 0 Å². The predicted molar refractivity (Wildman–Crippen MR) is 112 cm³/mol. The van der Waals surface area contributed by atoms with E-state index < -0.39 is 0 Å². The van der Waals surface area contributed by atoms with Crippen molar-refractivity contribution in [3.63, 3.8) is 0 Å². The molecular formula is C23H35N3O2. The fourth-order valence-electron chi connectivity index (χ4n) is 4.48. The number of nitrogens with one attached hydrogen (secondary N) is 3. The van der Waals surface area contributed by atoms with Crippen LogP contribution in [0.5, 0.6) is 0 Å². The maximum absolute atomic E-state index is 12.1. The van der Waals surface area contributed by atoms with E-state index in [4.69, 9.17) is 0 Å². The molecule has 28 heavy (non-hydrogen) atoms. The summed E-state index contributed by atoms with van der Waals surface area (Å²) in [5.74, 6) is 1.69. The topological polar surface area (TPSA) is 70.2 Å². The Morgan fingerprint density at radius 3 is 2.04 bits per heavy atom. The van der Waals surface area contributed by atoms with E-state index in [9.17, 15) is 9.59 Å². The molecule has 3 N–H and O–H groups in total. The highest BCUT2D eigenvalue weighted by atomic mass is 16.2. The van der Waals surface area contributed by atoms with Crippen molar-refractivity contribution in [2.24, 2.45) is 17.8 Å². The van der Waals surface area contributed by atoms with Crippen LogP contribution < -0.4 is 16.0 Å². The summed E-state index contributed by atoms with van der Waals surface area (Å²) < 4.78 is 0. The van der Waals surface area contributed by atoms with E-state index in [0.717, 1.165) is 58.0 Å². The standard InChI is InChI=1S/C23H35N3O2/c27-22(21-8-4-5-9-21)25-16-19-10-12-20(13-11-19)17-26-23(28)24-15-14-18-6-2-1-3-7-18/h1-3,6-7,19-21H,4-5,8-17H2,(H,25,27)(H2,24,26,28). The molecule has 2 aliphatic rings. The molecule has 3 rings (SSSR count). The molecule has 0 heterocycles. The first-order valence-corrected chi connectivity index (χ1v) is 11.0. The van der Waals surface area contributed by atoms with Gasteiger partial charge >= 0.3 is 6.03 Å². The Bertz CT molecular complexity index is 606. The van der Waals surface area contributed by atoms with Crippen LogP contribution in [-0.2, 0) is 11.2 Å². The Balaban J connectivity index is 1.23. The molecule has 1 aromatic rings. The van der Waals surface area contributed by atoms with Crippen molar-refractivity contribution in [3.05, 3.63) is 35.9 Å². The average Bonchev–Trinajstić information content (AvgIpc) is 3.27. The lowest BCUT2D eigenvalue weighted by molar-refractivity contribution is -0.125. The average molecular weight is 386 g/mol. The lowest BCUT2D eigenvalue weighted by Gasteiger charge is -2.29. The summed E-state index contributed by atoms with van der Waals surface area (Å²) in [6.45, 7) is 2.23. The SMILES string of the molecule is O=C(NCCc1ccccc1)NCC1CCC(CNC(=O)C2CCCC2)CC1. The number of carbonyl (C=O) groups is 2. The van der Waals surface area contributed by atoms with Gasteiger partial charge in [0.1, 0.15) is 0 Å². The van der Waals surface area contributed by atoms with Crippen molar-refractivity contribution < 1.29 is 9.59 Å². The summed E-state index contributed by atoms with van der Waals surface area (Å²) >= 11 is 0. The van der Waals surface area contributed by atoms with Gasteiger partial charge in [-0.15, -0.1) is 0 Å². The third kappa shape index (κ3) is 6.84. The highest BCUT2D eigenvalue weighted by Gasteiger charge is 2.25. The normalized spacial score (nSPS) is 22.6. The van der Waals surface area contributed by atoms with Crippen LogP contribution in [0.15, 0.2) is 30.3 Å². The molecule has 5 heteroatoms. The Hall–Kier alpha value is -2.04. The second kappa shape index (κ2) is 11.1. The fraction of sp³-hybridized carbons (Fsp3) is 0.652. The molecule has 2 aliphatic carbocycles. The first-order chi connectivity index (χ1) is 13.7. The van der Waals surface area contributed by atoms with Gasteiger partial charge in [0, 0.05) is 25.6 Å². The van der Waals surface area contributed by atoms with Crippen LogP contribution in [0.2, 0.25) is 0 Å². The number of benzene rings is 1. The van der Waals surface area contributed by atoms with Crippen LogP contribution in [0.4, 0.5) is 4.79 Å². The summed E-state index contributed by atoms with van der Waals surface area (Å²) in [4.78, 5) is 24.1. The zero-order chi connectivity index (χ0) is 19.6. The van der Waals surface area contributed by atoms with Gasteiger partial charge in [0.2, 0.25) is 5.91 Å². The molecule has 1 aromatic carbocycles. The van der Waals surface area contributed by atoms with Crippen LogP contribution in [-0.4, -0.2) is 31.6 Å². The van der Waals surface area contributed by atoms with Crippen LogP contribution in [0.25, 0.3) is 0 Å². The van der Waals surface area contributed by atoms with Crippen molar-refractivity contribution in [3.8, 4) is 0 Å². The molecule has 0 aliphatic heterocycles. The molecule has 0 spiro atoms. The van der Waals surface area contributed by atoms with E-state index in [1.807, 2.05) is 18.2 Å². The van der Waals surface area contributed by atoms with Gasteiger partial charge in [0.25, 0.3) is 0 Å². The molecule has 2 fully saturated rings. The van der Waals surface area contributed by atoms with Crippen LogP contribution in [0.1, 0.15) is 56.9 Å². The minimum atomic E-state index is -0.0677. The van der Waals surface area contributed by atoms with Gasteiger partial charge in [-0.2, -0.15) is 0 Å². The molecular weight excluding hydrogens is 350 g/mol. The summed E-state index contributed by atoms with van der Waals surface area (Å²) in [7, 11) is 0. The van der Waals surface area contributed by atoms with Crippen molar-refractivity contribution in [1.82, 2.24) is 16.0 Å². The lowest BCUT2D eigenvalue weighted by Crippen LogP contribution is -2.40. The third-order valence-corrected chi connectivity index (χ3v) is 6.35. The van der Waals surface area contributed by atoms with E-state index in [1.165, 1.54) is 18.4 Å². The van der Waals surface area contributed by atoms with Gasteiger partial charge in [-0.1, -0.05) is 43.2 Å². The molecule has 0 saturated heterocycles. The van der Waals surface area contributed by atoms with Crippen molar-refractivity contribution >= 4 is 11.9 Å². The molecule has 0 radical (unpaired) electrons. The van der Waals surface area contributed by atoms with Gasteiger partial charge in [0.15, 0.2) is 0 Å². The van der Waals surface area contributed by atoms with Crippen molar-refractivity contribution in [2.75, 3.05) is 19.6 Å². The van der Waals surface area contributed by atoms with E-state index in [1.54, 1.807) is 0 Å².